The molecule has 2 amide bonds. The van der Waals surface area contributed by atoms with Crippen molar-refractivity contribution in [2.24, 2.45) is 0 Å². The lowest BCUT2D eigenvalue weighted by atomic mass is 10.1. The Bertz CT molecular complexity index is 1080. The van der Waals surface area contributed by atoms with Crippen molar-refractivity contribution in [3.05, 3.63) is 83.6 Å². The molecule has 2 aromatic carbocycles. The van der Waals surface area contributed by atoms with Crippen LogP contribution >= 0.6 is 0 Å². The maximum absolute atomic E-state index is 12.6. The van der Waals surface area contributed by atoms with Crippen molar-refractivity contribution >= 4 is 29.0 Å². The Morgan fingerprint density at radius 3 is 2.06 bits per heavy atom. The van der Waals surface area contributed by atoms with Crippen LogP contribution in [0, 0.1) is 6.92 Å². The van der Waals surface area contributed by atoms with Crippen molar-refractivity contribution in [1.82, 2.24) is 14.8 Å². The number of hydrogen-bond donors (Lipinski definition) is 2. The molecule has 1 aromatic heterocycles. The number of nitrogen functional groups attached to an aromatic ring is 1. The minimum atomic E-state index is -0.453. The lowest BCUT2D eigenvalue weighted by molar-refractivity contribution is -0.156. The van der Waals surface area contributed by atoms with Gasteiger partial charge >= 0.3 is 11.8 Å². The van der Waals surface area contributed by atoms with Gasteiger partial charge in [0.05, 0.1) is 11.9 Å². The first-order valence-corrected chi connectivity index (χ1v) is 10.2. The van der Waals surface area contributed by atoms with E-state index < -0.39 is 11.8 Å². The summed E-state index contributed by atoms with van der Waals surface area (Å²) in [7, 11) is 0. The first-order valence-electron chi connectivity index (χ1n) is 10.2. The van der Waals surface area contributed by atoms with Gasteiger partial charge in [-0.2, -0.15) is 0 Å². The molecule has 1 aliphatic rings. The van der Waals surface area contributed by atoms with Gasteiger partial charge in [-0.25, -0.2) is 4.98 Å². The SMILES string of the molecule is Cc1cc(Nc2ccc(CN3CCN(Cc4ccccc4)C(=O)C3=O)cc2)ncc1N. The smallest absolute Gasteiger partial charge is 0.312 e. The number of benzene rings is 2. The van der Waals surface area contributed by atoms with Gasteiger partial charge in [-0.3, -0.25) is 9.59 Å². The zero-order valence-corrected chi connectivity index (χ0v) is 17.4. The van der Waals surface area contributed by atoms with Gasteiger partial charge in [-0.05, 0) is 41.8 Å². The monoisotopic (exact) mass is 415 g/mol. The predicted molar refractivity (Wildman–Crippen MR) is 120 cm³/mol. The number of nitrogens with zero attached hydrogens (tertiary/aromatic N) is 3. The third-order valence-corrected chi connectivity index (χ3v) is 5.36. The standard InChI is InChI=1S/C24H25N5O2/c1-17-13-22(26-14-21(17)25)27-20-9-7-19(8-10-20)16-29-12-11-28(23(30)24(29)31)15-18-5-3-2-4-6-18/h2-10,13-14H,11-12,15-16,25H2,1H3,(H,26,27). The molecule has 1 aliphatic heterocycles. The molecule has 1 fully saturated rings. The molecule has 31 heavy (non-hydrogen) atoms. The summed E-state index contributed by atoms with van der Waals surface area (Å²) >= 11 is 0. The van der Waals surface area contributed by atoms with E-state index in [4.69, 9.17) is 5.73 Å². The van der Waals surface area contributed by atoms with Crippen molar-refractivity contribution in [3.8, 4) is 0 Å². The largest absolute Gasteiger partial charge is 0.397 e. The molecule has 0 bridgehead atoms. The number of carbonyl (C=O) groups excluding carboxylic acids is 2. The quantitative estimate of drug-likeness (QED) is 0.604. The summed E-state index contributed by atoms with van der Waals surface area (Å²) in [6.45, 7) is 3.85. The summed E-state index contributed by atoms with van der Waals surface area (Å²) in [5, 5.41) is 3.24. The van der Waals surface area contributed by atoms with E-state index in [0.29, 0.717) is 31.9 Å². The second-order valence-corrected chi connectivity index (χ2v) is 7.69. The molecule has 4 rings (SSSR count). The van der Waals surface area contributed by atoms with Crippen molar-refractivity contribution < 1.29 is 9.59 Å². The molecule has 1 saturated heterocycles. The number of hydrogen-bond acceptors (Lipinski definition) is 5. The molecule has 0 aliphatic carbocycles. The predicted octanol–water partition coefficient (Wildman–Crippen LogP) is 3.09. The van der Waals surface area contributed by atoms with E-state index in [1.54, 1.807) is 16.0 Å². The van der Waals surface area contributed by atoms with Gasteiger partial charge in [0, 0.05) is 31.9 Å². The van der Waals surface area contributed by atoms with Crippen molar-refractivity contribution in [2.45, 2.75) is 20.0 Å². The molecule has 0 spiro atoms. The molecule has 3 aromatic rings. The number of anilines is 3. The highest BCUT2D eigenvalue weighted by molar-refractivity contribution is 6.35. The fourth-order valence-corrected chi connectivity index (χ4v) is 3.52. The number of rotatable bonds is 6. The Labute approximate surface area is 181 Å². The highest BCUT2D eigenvalue weighted by Gasteiger charge is 2.32. The second kappa shape index (κ2) is 8.87. The van der Waals surface area contributed by atoms with Crippen molar-refractivity contribution in [1.29, 1.82) is 0 Å². The van der Waals surface area contributed by atoms with Crippen LogP contribution in [0.2, 0.25) is 0 Å². The average Bonchev–Trinajstić information content (AvgIpc) is 2.78. The van der Waals surface area contributed by atoms with Crippen LogP contribution in [0.5, 0.6) is 0 Å². The number of nitrogens with two attached hydrogens (primary N) is 1. The van der Waals surface area contributed by atoms with Crippen LogP contribution in [0.1, 0.15) is 16.7 Å². The van der Waals surface area contributed by atoms with E-state index in [2.05, 4.69) is 10.3 Å². The molecule has 0 saturated carbocycles. The molecule has 0 unspecified atom stereocenters. The fraction of sp³-hybridized carbons (Fsp3) is 0.208. The Balaban J connectivity index is 1.35. The topological polar surface area (TPSA) is 91.6 Å². The summed E-state index contributed by atoms with van der Waals surface area (Å²) in [6.07, 6.45) is 1.63. The van der Waals surface area contributed by atoms with E-state index in [-0.39, 0.29) is 0 Å². The molecular weight excluding hydrogens is 390 g/mol. The molecule has 0 radical (unpaired) electrons. The Hall–Kier alpha value is -3.87. The normalized spacial score (nSPS) is 14.1. The van der Waals surface area contributed by atoms with Crippen LogP contribution in [0.15, 0.2) is 66.9 Å². The van der Waals surface area contributed by atoms with Crippen LogP contribution in [0.4, 0.5) is 17.2 Å². The van der Waals surface area contributed by atoms with Crippen LogP contribution in [0.25, 0.3) is 0 Å². The molecule has 2 heterocycles. The lowest BCUT2D eigenvalue weighted by Gasteiger charge is -2.33. The first kappa shape index (κ1) is 20.4. The van der Waals surface area contributed by atoms with Gasteiger partial charge in [-0.15, -0.1) is 0 Å². The van der Waals surface area contributed by atoms with E-state index in [0.717, 1.165) is 28.2 Å². The van der Waals surface area contributed by atoms with Gasteiger partial charge in [-0.1, -0.05) is 42.5 Å². The number of amides is 2. The van der Waals surface area contributed by atoms with Gasteiger partial charge in [0.1, 0.15) is 5.82 Å². The van der Waals surface area contributed by atoms with E-state index >= 15 is 0 Å². The fourth-order valence-electron chi connectivity index (χ4n) is 3.52. The van der Waals surface area contributed by atoms with Gasteiger partial charge in [0.2, 0.25) is 0 Å². The van der Waals surface area contributed by atoms with Crippen LogP contribution in [-0.2, 0) is 22.7 Å². The van der Waals surface area contributed by atoms with E-state index in [1.165, 1.54) is 0 Å². The van der Waals surface area contributed by atoms with Gasteiger partial charge < -0.3 is 20.9 Å². The Morgan fingerprint density at radius 2 is 1.48 bits per heavy atom. The summed E-state index contributed by atoms with van der Waals surface area (Å²) in [5.74, 6) is -0.182. The summed E-state index contributed by atoms with van der Waals surface area (Å²) in [5.41, 5.74) is 10.3. The number of piperazine rings is 1. The zero-order chi connectivity index (χ0) is 21.8. The number of aromatic nitrogens is 1. The summed E-state index contributed by atoms with van der Waals surface area (Å²) < 4.78 is 0. The van der Waals surface area contributed by atoms with Gasteiger partial charge in [0.25, 0.3) is 0 Å². The highest BCUT2D eigenvalue weighted by atomic mass is 16.2. The molecule has 0 atom stereocenters. The zero-order valence-electron chi connectivity index (χ0n) is 17.4. The Kier molecular flexibility index (Phi) is 5.84. The molecule has 7 nitrogen and oxygen atoms in total. The molecule has 158 valence electrons. The second-order valence-electron chi connectivity index (χ2n) is 7.69. The van der Waals surface area contributed by atoms with Crippen LogP contribution < -0.4 is 11.1 Å². The van der Waals surface area contributed by atoms with E-state index in [9.17, 15) is 9.59 Å². The third kappa shape index (κ3) is 4.83. The molecular formula is C24H25N5O2. The minimum Gasteiger partial charge on any atom is -0.397 e. The lowest BCUT2D eigenvalue weighted by Crippen LogP contribution is -2.53. The summed E-state index contributed by atoms with van der Waals surface area (Å²) in [4.78, 5) is 32.6. The Morgan fingerprint density at radius 1 is 0.903 bits per heavy atom. The number of aryl methyl sites for hydroxylation is 1. The maximum Gasteiger partial charge on any atom is 0.312 e. The van der Waals surface area contributed by atoms with Crippen LogP contribution in [-0.4, -0.2) is 39.7 Å². The number of pyridine rings is 1. The average molecular weight is 415 g/mol. The summed E-state index contributed by atoms with van der Waals surface area (Å²) in [6, 6.07) is 19.4. The van der Waals surface area contributed by atoms with Crippen molar-refractivity contribution in [2.75, 3.05) is 24.1 Å². The molecule has 3 N–H and O–H groups in total. The number of nitrogens with one attached hydrogen (secondary N) is 1. The highest BCUT2D eigenvalue weighted by Crippen LogP contribution is 2.20. The van der Waals surface area contributed by atoms with Gasteiger partial charge in [0.15, 0.2) is 0 Å². The third-order valence-electron chi connectivity index (χ3n) is 5.36. The molecule has 7 heteroatoms. The van der Waals surface area contributed by atoms with E-state index in [1.807, 2.05) is 67.6 Å². The first-order chi connectivity index (χ1) is 15.0. The number of carbonyl (C=O) groups is 2. The van der Waals surface area contributed by atoms with Crippen molar-refractivity contribution in [3.63, 3.8) is 0 Å². The maximum atomic E-state index is 12.6. The van der Waals surface area contributed by atoms with Crippen LogP contribution in [0.3, 0.4) is 0 Å². The minimum absolute atomic E-state index is 0.406.